The lowest BCUT2D eigenvalue weighted by molar-refractivity contribution is 0.0937. The Hall–Kier alpha value is -1.36. The van der Waals surface area contributed by atoms with Crippen molar-refractivity contribution in [3.63, 3.8) is 0 Å². The summed E-state index contributed by atoms with van der Waals surface area (Å²) in [4.78, 5) is 14.9. The van der Waals surface area contributed by atoms with Crippen molar-refractivity contribution in [3.8, 4) is 0 Å². The number of hydrogen-bond donors (Lipinski definition) is 1. The van der Waals surface area contributed by atoms with Crippen LogP contribution in [0.2, 0.25) is 0 Å². The number of nitrogens with one attached hydrogen (secondary N) is 1. The standard InChI is InChI=1S/C19H32N4O/c1-14-6-5-10-22(13-14)11-9-20-18(24)16-12-17(15-7-8-15)23(21-16)19(2,3)4/h12,14-15H,5-11,13H2,1-4H3,(H,20,24)/t14-/m1/s1. The minimum absolute atomic E-state index is 0.0371. The molecule has 1 saturated heterocycles. The molecular formula is C19H32N4O. The summed E-state index contributed by atoms with van der Waals surface area (Å²) in [6.07, 6.45) is 5.04. The maximum atomic E-state index is 12.5. The summed E-state index contributed by atoms with van der Waals surface area (Å²) in [5.41, 5.74) is 1.71. The predicted molar refractivity (Wildman–Crippen MR) is 96.4 cm³/mol. The topological polar surface area (TPSA) is 50.2 Å². The van der Waals surface area contributed by atoms with Crippen molar-refractivity contribution in [1.82, 2.24) is 20.0 Å². The third-order valence-corrected chi connectivity index (χ3v) is 5.06. The molecule has 0 bridgehead atoms. The van der Waals surface area contributed by atoms with E-state index in [9.17, 15) is 4.79 Å². The Bertz CT molecular complexity index is 583. The second-order valence-electron chi connectivity index (χ2n) is 8.62. The molecule has 1 saturated carbocycles. The highest BCUT2D eigenvalue weighted by Crippen LogP contribution is 2.41. The van der Waals surface area contributed by atoms with Crippen LogP contribution >= 0.6 is 0 Å². The van der Waals surface area contributed by atoms with E-state index < -0.39 is 0 Å². The number of nitrogens with zero attached hydrogens (tertiary/aromatic N) is 3. The zero-order valence-electron chi connectivity index (χ0n) is 15.6. The first-order chi connectivity index (χ1) is 11.3. The summed E-state index contributed by atoms with van der Waals surface area (Å²) in [5, 5.41) is 7.67. The Balaban J connectivity index is 1.57. The van der Waals surface area contributed by atoms with Gasteiger partial charge in [-0.1, -0.05) is 6.92 Å². The summed E-state index contributed by atoms with van der Waals surface area (Å²) < 4.78 is 2.05. The first-order valence-corrected chi connectivity index (χ1v) is 9.45. The Morgan fingerprint density at radius 1 is 1.33 bits per heavy atom. The summed E-state index contributed by atoms with van der Waals surface area (Å²) in [6.45, 7) is 12.7. The van der Waals surface area contributed by atoms with Gasteiger partial charge in [0.1, 0.15) is 5.69 Å². The number of carbonyl (C=O) groups excluding carboxylic acids is 1. The molecule has 3 rings (SSSR count). The molecule has 5 nitrogen and oxygen atoms in total. The molecule has 2 fully saturated rings. The molecule has 24 heavy (non-hydrogen) atoms. The van der Waals surface area contributed by atoms with Crippen molar-refractivity contribution in [1.29, 1.82) is 0 Å². The third kappa shape index (κ3) is 4.18. The van der Waals surface area contributed by atoms with E-state index in [4.69, 9.17) is 0 Å². The van der Waals surface area contributed by atoms with Gasteiger partial charge in [-0.05, 0) is 65.0 Å². The molecule has 0 unspecified atom stereocenters. The van der Waals surface area contributed by atoms with E-state index in [-0.39, 0.29) is 11.4 Å². The lowest BCUT2D eigenvalue weighted by Crippen LogP contribution is -2.40. The molecule has 5 heteroatoms. The van der Waals surface area contributed by atoms with Crippen molar-refractivity contribution >= 4 is 5.91 Å². The van der Waals surface area contributed by atoms with Gasteiger partial charge >= 0.3 is 0 Å². The molecule has 1 aliphatic heterocycles. The van der Waals surface area contributed by atoms with Crippen LogP contribution in [0.1, 0.15) is 75.5 Å². The number of rotatable bonds is 5. The average molecular weight is 332 g/mol. The van der Waals surface area contributed by atoms with E-state index >= 15 is 0 Å². The molecule has 1 amide bonds. The summed E-state index contributed by atoms with van der Waals surface area (Å²) >= 11 is 0. The van der Waals surface area contributed by atoms with Crippen LogP contribution in [-0.2, 0) is 5.54 Å². The fraction of sp³-hybridized carbons (Fsp3) is 0.789. The van der Waals surface area contributed by atoms with E-state index in [0.717, 1.165) is 25.6 Å². The first kappa shape index (κ1) is 17.5. The highest BCUT2D eigenvalue weighted by Gasteiger charge is 2.32. The predicted octanol–water partition coefficient (Wildman–Crippen LogP) is 2.98. The molecule has 1 aromatic rings. The number of likely N-dealkylation sites (tertiary alicyclic amines) is 1. The second-order valence-corrected chi connectivity index (χ2v) is 8.62. The first-order valence-electron chi connectivity index (χ1n) is 9.45. The normalized spacial score (nSPS) is 22.6. The molecule has 134 valence electrons. The lowest BCUT2D eigenvalue weighted by Gasteiger charge is -2.30. The Kier molecular flexibility index (Phi) is 5.00. The van der Waals surface area contributed by atoms with Gasteiger partial charge in [0, 0.05) is 31.2 Å². The number of hydrogen-bond acceptors (Lipinski definition) is 3. The van der Waals surface area contributed by atoms with Crippen LogP contribution in [0.5, 0.6) is 0 Å². The molecule has 0 aromatic carbocycles. The molecule has 2 aliphatic rings. The second kappa shape index (κ2) is 6.87. The maximum absolute atomic E-state index is 12.5. The van der Waals surface area contributed by atoms with Crippen molar-refractivity contribution in [2.75, 3.05) is 26.2 Å². The molecule has 1 N–H and O–H groups in total. The molecule has 1 aliphatic carbocycles. The van der Waals surface area contributed by atoms with Crippen molar-refractivity contribution in [2.24, 2.45) is 5.92 Å². The van der Waals surface area contributed by atoms with Crippen LogP contribution in [0.25, 0.3) is 0 Å². The lowest BCUT2D eigenvalue weighted by atomic mass is 10.0. The van der Waals surface area contributed by atoms with Gasteiger partial charge < -0.3 is 10.2 Å². The third-order valence-electron chi connectivity index (χ3n) is 5.06. The quantitative estimate of drug-likeness (QED) is 0.902. The zero-order chi connectivity index (χ0) is 17.3. The Morgan fingerprint density at radius 3 is 2.71 bits per heavy atom. The van der Waals surface area contributed by atoms with E-state index in [1.807, 2.05) is 10.7 Å². The van der Waals surface area contributed by atoms with Gasteiger partial charge in [-0.2, -0.15) is 5.10 Å². The highest BCUT2D eigenvalue weighted by atomic mass is 16.1. The van der Waals surface area contributed by atoms with Crippen LogP contribution in [0.4, 0.5) is 0 Å². The molecule has 2 heterocycles. The maximum Gasteiger partial charge on any atom is 0.271 e. The van der Waals surface area contributed by atoms with E-state index in [2.05, 4.69) is 43.0 Å². The van der Waals surface area contributed by atoms with Crippen LogP contribution in [-0.4, -0.2) is 46.8 Å². The fourth-order valence-corrected chi connectivity index (χ4v) is 3.62. The fourth-order valence-electron chi connectivity index (χ4n) is 3.62. The highest BCUT2D eigenvalue weighted by molar-refractivity contribution is 5.92. The number of amides is 1. The van der Waals surface area contributed by atoms with Crippen LogP contribution in [0.15, 0.2) is 6.07 Å². The van der Waals surface area contributed by atoms with Gasteiger partial charge in [0.05, 0.1) is 5.54 Å². The van der Waals surface area contributed by atoms with Gasteiger partial charge in [0.15, 0.2) is 0 Å². The van der Waals surface area contributed by atoms with Gasteiger partial charge in [0.2, 0.25) is 0 Å². The van der Waals surface area contributed by atoms with Gasteiger partial charge in [-0.25, -0.2) is 0 Å². The van der Waals surface area contributed by atoms with Crippen LogP contribution < -0.4 is 5.32 Å². The van der Waals surface area contributed by atoms with E-state index in [1.165, 1.54) is 31.4 Å². The number of aromatic nitrogens is 2. The van der Waals surface area contributed by atoms with Crippen LogP contribution in [0, 0.1) is 5.92 Å². The number of piperidine rings is 1. The van der Waals surface area contributed by atoms with E-state index in [0.29, 0.717) is 18.2 Å². The summed E-state index contributed by atoms with van der Waals surface area (Å²) in [7, 11) is 0. The molecule has 0 spiro atoms. The Morgan fingerprint density at radius 2 is 2.08 bits per heavy atom. The molecular weight excluding hydrogens is 300 g/mol. The van der Waals surface area contributed by atoms with E-state index in [1.54, 1.807) is 0 Å². The van der Waals surface area contributed by atoms with Crippen molar-refractivity contribution in [2.45, 2.75) is 64.8 Å². The summed E-state index contributed by atoms with van der Waals surface area (Å²) in [6, 6.07) is 2.00. The van der Waals surface area contributed by atoms with Gasteiger partial charge in [0.25, 0.3) is 5.91 Å². The largest absolute Gasteiger partial charge is 0.349 e. The smallest absolute Gasteiger partial charge is 0.271 e. The van der Waals surface area contributed by atoms with Crippen molar-refractivity contribution < 1.29 is 4.79 Å². The average Bonchev–Trinajstić information content (AvgIpc) is 3.24. The monoisotopic (exact) mass is 332 g/mol. The molecule has 0 radical (unpaired) electrons. The zero-order valence-corrected chi connectivity index (χ0v) is 15.6. The SMILES string of the molecule is C[C@@H]1CCCN(CCNC(=O)c2cc(C3CC3)n(C(C)(C)C)n2)C1. The Labute approximate surface area is 145 Å². The van der Waals surface area contributed by atoms with Crippen molar-refractivity contribution in [3.05, 3.63) is 17.5 Å². The van der Waals surface area contributed by atoms with Gasteiger partial charge in [-0.3, -0.25) is 9.48 Å². The van der Waals surface area contributed by atoms with Crippen LogP contribution in [0.3, 0.4) is 0 Å². The van der Waals surface area contributed by atoms with Gasteiger partial charge in [-0.15, -0.1) is 0 Å². The molecule has 1 atom stereocenters. The molecule has 1 aromatic heterocycles. The number of carbonyl (C=O) groups is 1. The summed E-state index contributed by atoms with van der Waals surface area (Å²) in [5.74, 6) is 1.33. The minimum Gasteiger partial charge on any atom is -0.349 e. The minimum atomic E-state index is -0.0829.